The molecule has 0 aliphatic carbocycles. The number of benzene rings is 1. The Hall–Kier alpha value is -1.73. The van der Waals surface area contributed by atoms with Crippen LogP contribution in [0.5, 0.6) is 0 Å². The van der Waals surface area contributed by atoms with E-state index in [2.05, 4.69) is 10.1 Å². The lowest BCUT2D eigenvalue weighted by Gasteiger charge is -1.97. The highest BCUT2D eigenvalue weighted by atomic mass is 32.2. The third-order valence-electron chi connectivity index (χ3n) is 2.39. The Morgan fingerprint density at radius 3 is 2.95 bits per heavy atom. The summed E-state index contributed by atoms with van der Waals surface area (Å²) in [6.45, 7) is 1.75. The van der Waals surface area contributed by atoms with E-state index in [4.69, 9.17) is 0 Å². The first-order valence-corrected chi connectivity index (χ1v) is 7.07. The van der Waals surface area contributed by atoms with Gasteiger partial charge in [-0.1, -0.05) is 35.2 Å². The van der Waals surface area contributed by atoms with Gasteiger partial charge in [0.15, 0.2) is 4.34 Å². The fourth-order valence-corrected chi connectivity index (χ4v) is 3.53. The van der Waals surface area contributed by atoms with Crippen molar-refractivity contribution < 1.29 is 4.39 Å². The van der Waals surface area contributed by atoms with Gasteiger partial charge in [0.05, 0.1) is 4.90 Å². The average Bonchev–Trinajstić information content (AvgIpc) is 2.75. The van der Waals surface area contributed by atoms with Crippen LogP contribution in [0.2, 0.25) is 0 Å². The molecular weight excluding hydrogens is 285 g/mol. The van der Waals surface area contributed by atoms with Gasteiger partial charge in [0.1, 0.15) is 5.82 Å². The van der Waals surface area contributed by atoms with Crippen molar-refractivity contribution in [2.24, 2.45) is 0 Å². The summed E-state index contributed by atoms with van der Waals surface area (Å²) in [5, 5.41) is 4.15. The Morgan fingerprint density at radius 2 is 2.16 bits per heavy atom. The summed E-state index contributed by atoms with van der Waals surface area (Å²) in [7, 11) is 0. The summed E-state index contributed by atoms with van der Waals surface area (Å²) in [5.74, 6) is -0.303. The minimum atomic E-state index is -0.303. The molecule has 2 aromatic heterocycles. The number of hydrogen-bond acceptors (Lipinski definition) is 5. The SMILES string of the molecule is Cc1cc(=O)n2nc(Sc3ccccc3F)sc2n1. The number of aryl methyl sites for hydroxylation is 1. The standard InChI is InChI=1S/C12H8FN3OS2/c1-7-6-10(17)16-11(14-7)19-12(15-16)18-9-5-3-2-4-8(9)13/h2-6H,1H3. The van der Waals surface area contributed by atoms with Crippen molar-refractivity contribution in [3.05, 3.63) is 52.2 Å². The van der Waals surface area contributed by atoms with E-state index in [9.17, 15) is 9.18 Å². The van der Waals surface area contributed by atoms with Crippen LogP contribution in [-0.2, 0) is 0 Å². The van der Waals surface area contributed by atoms with Crippen molar-refractivity contribution in [2.75, 3.05) is 0 Å². The maximum atomic E-state index is 13.5. The summed E-state index contributed by atoms with van der Waals surface area (Å²) in [6.07, 6.45) is 0. The Labute approximate surface area is 115 Å². The molecule has 0 saturated heterocycles. The van der Waals surface area contributed by atoms with Crippen molar-refractivity contribution in [1.29, 1.82) is 0 Å². The van der Waals surface area contributed by atoms with Gasteiger partial charge in [-0.05, 0) is 19.1 Å². The molecule has 0 bridgehead atoms. The van der Waals surface area contributed by atoms with Crippen LogP contribution < -0.4 is 5.56 Å². The van der Waals surface area contributed by atoms with E-state index < -0.39 is 0 Å². The largest absolute Gasteiger partial charge is 0.275 e. The molecule has 0 aliphatic rings. The summed E-state index contributed by atoms with van der Waals surface area (Å²) < 4.78 is 15.4. The van der Waals surface area contributed by atoms with Crippen LogP contribution in [0.1, 0.15) is 5.69 Å². The van der Waals surface area contributed by atoms with Gasteiger partial charge in [-0.25, -0.2) is 9.37 Å². The lowest BCUT2D eigenvalue weighted by atomic mass is 10.4. The maximum absolute atomic E-state index is 13.5. The Balaban J connectivity index is 2.05. The van der Waals surface area contributed by atoms with Gasteiger partial charge in [-0.15, -0.1) is 5.10 Å². The first kappa shape index (κ1) is 12.3. The molecule has 0 fully saturated rings. The molecule has 4 nitrogen and oxygen atoms in total. The van der Waals surface area contributed by atoms with E-state index in [1.807, 2.05) is 0 Å². The van der Waals surface area contributed by atoms with Gasteiger partial charge in [-0.2, -0.15) is 4.52 Å². The molecule has 0 amide bonds. The van der Waals surface area contributed by atoms with Gasteiger partial charge in [-0.3, -0.25) is 4.79 Å². The third kappa shape index (κ3) is 2.39. The van der Waals surface area contributed by atoms with Gasteiger partial charge in [0, 0.05) is 11.8 Å². The van der Waals surface area contributed by atoms with Crippen LogP contribution >= 0.6 is 23.1 Å². The molecule has 0 unspecified atom stereocenters. The number of hydrogen-bond donors (Lipinski definition) is 0. The molecule has 0 spiro atoms. The van der Waals surface area contributed by atoms with E-state index in [1.165, 1.54) is 39.7 Å². The Kier molecular flexibility index (Phi) is 3.08. The molecule has 2 heterocycles. The Bertz CT molecular complexity index is 812. The lowest BCUT2D eigenvalue weighted by molar-refractivity contribution is 0.602. The summed E-state index contributed by atoms with van der Waals surface area (Å²) in [4.78, 5) is 16.9. The van der Waals surface area contributed by atoms with Gasteiger partial charge < -0.3 is 0 Å². The second-order valence-corrected chi connectivity index (χ2v) is 6.08. The number of aromatic nitrogens is 3. The van der Waals surface area contributed by atoms with E-state index in [-0.39, 0.29) is 11.4 Å². The molecule has 0 radical (unpaired) electrons. The number of fused-ring (bicyclic) bond motifs is 1. The summed E-state index contributed by atoms with van der Waals surface area (Å²) >= 11 is 2.45. The molecule has 7 heteroatoms. The summed E-state index contributed by atoms with van der Waals surface area (Å²) in [6, 6.07) is 7.88. The third-order valence-corrected chi connectivity index (χ3v) is 4.40. The molecule has 3 rings (SSSR count). The quantitative estimate of drug-likeness (QED) is 0.729. The Morgan fingerprint density at radius 1 is 1.37 bits per heavy atom. The van der Waals surface area contributed by atoms with Crippen LogP contribution in [0.4, 0.5) is 4.39 Å². The lowest BCUT2D eigenvalue weighted by Crippen LogP contribution is -2.14. The monoisotopic (exact) mass is 293 g/mol. The van der Waals surface area contributed by atoms with Crippen molar-refractivity contribution in [3.63, 3.8) is 0 Å². The topological polar surface area (TPSA) is 47.3 Å². The minimum absolute atomic E-state index is 0.223. The maximum Gasteiger partial charge on any atom is 0.275 e. The molecule has 0 aliphatic heterocycles. The second kappa shape index (κ2) is 4.75. The predicted octanol–water partition coefficient (Wildman–Crippen LogP) is 2.75. The first-order chi connectivity index (χ1) is 9.13. The fourth-order valence-electron chi connectivity index (χ4n) is 1.57. The van der Waals surface area contributed by atoms with E-state index >= 15 is 0 Å². The molecular formula is C12H8FN3OS2. The highest BCUT2D eigenvalue weighted by molar-refractivity contribution is 8.01. The molecule has 0 N–H and O–H groups in total. The van der Waals surface area contributed by atoms with Gasteiger partial charge in [0.25, 0.3) is 5.56 Å². The van der Waals surface area contributed by atoms with Crippen LogP contribution in [0, 0.1) is 12.7 Å². The number of rotatable bonds is 2. The zero-order chi connectivity index (χ0) is 13.4. The minimum Gasteiger partial charge on any atom is -0.267 e. The molecule has 19 heavy (non-hydrogen) atoms. The molecule has 1 aromatic carbocycles. The zero-order valence-electron chi connectivity index (χ0n) is 9.83. The van der Waals surface area contributed by atoms with E-state index in [1.54, 1.807) is 25.1 Å². The predicted molar refractivity (Wildman–Crippen MR) is 72.4 cm³/mol. The molecule has 3 aromatic rings. The highest BCUT2D eigenvalue weighted by Gasteiger charge is 2.10. The fraction of sp³-hybridized carbons (Fsp3) is 0.0833. The average molecular weight is 293 g/mol. The molecule has 96 valence electrons. The smallest absolute Gasteiger partial charge is 0.267 e. The number of halogens is 1. The summed E-state index contributed by atoms with van der Waals surface area (Å²) in [5.41, 5.74) is 0.426. The second-order valence-electron chi connectivity index (χ2n) is 3.83. The molecule has 0 saturated carbocycles. The molecule has 0 atom stereocenters. The van der Waals surface area contributed by atoms with E-state index in [0.29, 0.717) is 19.9 Å². The van der Waals surface area contributed by atoms with Gasteiger partial charge in [0.2, 0.25) is 4.96 Å². The highest BCUT2D eigenvalue weighted by Crippen LogP contribution is 2.31. The normalized spacial score (nSPS) is 11.1. The van der Waals surface area contributed by atoms with Crippen molar-refractivity contribution in [3.8, 4) is 0 Å². The van der Waals surface area contributed by atoms with Crippen LogP contribution in [0.3, 0.4) is 0 Å². The number of nitrogens with zero attached hydrogens (tertiary/aromatic N) is 3. The first-order valence-electron chi connectivity index (χ1n) is 5.43. The van der Waals surface area contributed by atoms with Crippen molar-refractivity contribution in [1.82, 2.24) is 14.6 Å². The van der Waals surface area contributed by atoms with Crippen molar-refractivity contribution >= 4 is 28.1 Å². The van der Waals surface area contributed by atoms with E-state index in [0.717, 1.165) is 0 Å². The zero-order valence-corrected chi connectivity index (χ0v) is 11.5. The van der Waals surface area contributed by atoms with Crippen LogP contribution in [0.15, 0.2) is 44.4 Å². The van der Waals surface area contributed by atoms with Crippen LogP contribution in [0.25, 0.3) is 4.96 Å². The van der Waals surface area contributed by atoms with Crippen molar-refractivity contribution in [2.45, 2.75) is 16.2 Å². The van der Waals surface area contributed by atoms with Gasteiger partial charge >= 0.3 is 0 Å². The van der Waals surface area contributed by atoms with Crippen LogP contribution in [-0.4, -0.2) is 14.6 Å².